The zero-order valence-corrected chi connectivity index (χ0v) is 8.32. The van der Waals surface area contributed by atoms with Gasteiger partial charge in [0.1, 0.15) is 0 Å². The summed E-state index contributed by atoms with van der Waals surface area (Å²) >= 11 is 0.960. The lowest BCUT2D eigenvalue weighted by atomic mass is 11.0. The summed E-state index contributed by atoms with van der Waals surface area (Å²) in [4.78, 5) is 3.66. The van der Waals surface area contributed by atoms with E-state index in [1.807, 2.05) is 0 Å². The summed E-state index contributed by atoms with van der Waals surface area (Å²) in [6.07, 6.45) is 1.26. The highest BCUT2D eigenvalue weighted by Crippen LogP contribution is 2.21. The molecule has 0 spiro atoms. The van der Waals surface area contributed by atoms with Crippen molar-refractivity contribution >= 4 is 26.5 Å². The van der Waals surface area contributed by atoms with E-state index in [4.69, 9.17) is 5.73 Å². The maximum absolute atomic E-state index is 11.4. The van der Waals surface area contributed by atoms with E-state index in [-0.39, 0.29) is 9.34 Å². The fraction of sp³-hybridized carbons (Fsp3) is 0.400. The third-order valence-corrected chi connectivity index (χ3v) is 4.32. The van der Waals surface area contributed by atoms with E-state index in [0.29, 0.717) is 0 Å². The number of rotatable bonds is 2. The van der Waals surface area contributed by atoms with Gasteiger partial charge in [0, 0.05) is 14.1 Å². The molecule has 0 saturated heterocycles. The maximum Gasteiger partial charge on any atom is 0.253 e. The Kier molecular flexibility index (Phi) is 2.36. The highest BCUT2D eigenvalue weighted by atomic mass is 32.2. The van der Waals surface area contributed by atoms with E-state index in [2.05, 4.69) is 4.98 Å². The summed E-state index contributed by atoms with van der Waals surface area (Å²) in [6.45, 7) is 0. The van der Waals surface area contributed by atoms with Gasteiger partial charge >= 0.3 is 0 Å². The molecule has 0 unspecified atom stereocenters. The van der Waals surface area contributed by atoms with Crippen molar-refractivity contribution in [1.82, 2.24) is 9.29 Å². The molecule has 1 heterocycles. The molecule has 1 rings (SSSR count). The molecule has 0 aliphatic carbocycles. The van der Waals surface area contributed by atoms with Crippen LogP contribution >= 0.6 is 11.3 Å². The van der Waals surface area contributed by atoms with Crippen molar-refractivity contribution in [2.24, 2.45) is 0 Å². The summed E-state index contributed by atoms with van der Waals surface area (Å²) in [5.74, 6) is 0. The second-order valence-electron chi connectivity index (χ2n) is 2.30. The average Bonchev–Trinajstić information content (AvgIpc) is 2.35. The predicted octanol–water partition coefficient (Wildman–Crippen LogP) is -0.0244. The highest BCUT2D eigenvalue weighted by Gasteiger charge is 2.19. The van der Waals surface area contributed by atoms with Crippen molar-refractivity contribution in [1.29, 1.82) is 0 Å². The van der Waals surface area contributed by atoms with Crippen molar-refractivity contribution in [2.45, 2.75) is 4.21 Å². The van der Waals surface area contributed by atoms with Crippen LogP contribution in [0.4, 0.5) is 5.13 Å². The van der Waals surface area contributed by atoms with Gasteiger partial charge in [-0.15, -0.1) is 0 Å². The molecular weight excluding hydrogens is 198 g/mol. The first-order valence-corrected chi connectivity index (χ1v) is 5.34. The quantitative estimate of drug-likeness (QED) is 0.739. The largest absolute Gasteiger partial charge is 0.375 e. The fourth-order valence-electron chi connectivity index (χ4n) is 0.571. The Balaban J connectivity index is 3.15. The molecule has 0 atom stereocenters. The maximum atomic E-state index is 11.4. The molecule has 0 aromatic carbocycles. The van der Waals surface area contributed by atoms with E-state index in [9.17, 15) is 8.42 Å². The fourth-order valence-corrected chi connectivity index (χ4v) is 2.66. The van der Waals surface area contributed by atoms with Crippen LogP contribution in [0.3, 0.4) is 0 Å². The minimum Gasteiger partial charge on any atom is -0.375 e. The standard InChI is InChI=1S/C5H9N3O2S2/c1-8(2)12(9,10)4-3-7-5(6)11-4/h3H,1-2H3,(H2,6,7). The number of aromatic nitrogens is 1. The molecule has 0 radical (unpaired) electrons. The van der Waals surface area contributed by atoms with Crippen LogP contribution in [0.2, 0.25) is 0 Å². The smallest absolute Gasteiger partial charge is 0.253 e. The number of anilines is 1. The minimum absolute atomic E-state index is 0.171. The van der Waals surface area contributed by atoms with Crippen LogP contribution in [0.5, 0.6) is 0 Å². The number of nitrogens with zero attached hydrogens (tertiary/aromatic N) is 2. The van der Waals surface area contributed by atoms with Gasteiger partial charge in [0.15, 0.2) is 9.34 Å². The van der Waals surface area contributed by atoms with Gasteiger partial charge in [0.2, 0.25) is 0 Å². The molecule has 68 valence electrons. The van der Waals surface area contributed by atoms with Crippen molar-refractivity contribution in [3.63, 3.8) is 0 Å². The second-order valence-corrected chi connectivity index (χ2v) is 5.75. The van der Waals surface area contributed by atoms with Crippen LogP contribution in [0.1, 0.15) is 0 Å². The van der Waals surface area contributed by atoms with Crippen LogP contribution < -0.4 is 5.73 Å². The topological polar surface area (TPSA) is 76.3 Å². The molecule has 1 aromatic rings. The normalized spacial score (nSPS) is 12.2. The Bertz CT molecular complexity index is 368. The SMILES string of the molecule is CN(C)S(=O)(=O)c1cnc(N)s1. The van der Waals surface area contributed by atoms with E-state index in [0.717, 1.165) is 15.6 Å². The Morgan fingerprint density at radius 3 is 2.50 bits per heavy atom. The van der Waals surface area contributed by atoms with E-state index >= 15 is 0 Å². The molecule has 5 nitrogen and oxygen atoms in total. The van der Waals surface area contributed by atoms with Gasteiger partial charge in [0.25, 0.3) is 10.0 Å². The van der Waals surface area contributed by atoms with Gasteiger partial charge in [-0.2, -0.15) is 0 Å². The van der Waals surface area contributed by atoms with E-state index < -0.39 is 10.0 Å². The number of hydrogen-bond acceptors (Lipinski definition) is 5. The number of nitrogens with two attached hydrogens (primary N) is 1. The summed E-state index contributed by atoms with van der Waals surface area (Å²) in [6, 6.07) is 0. The molecule has 7 heteroatoms. The lowest BCUT2D eigenvalue weighted by Gasteiger charge is -2.07. The Hall–Kier alpha value is -0.660. The van der Waals surface area contributed by atoms with Crippen LogP contribution in [0.15, 0.2) is 10.4 Å². The first-order chi connectivity index (χ1) is 5.44. The third kappa shape index (κ3) is 1.57. The lowest BCUT2D eigenvalue weighted by molar-refractivity contribution is 0.523. The summed E-state index contributed by atoms with van der Waals surface area (Å²) in [5.41, 5.74) is 5.30. The molecule has 1 aromatic heterocycles. The minimum atomic E-state index is -3.35. The highest BCUT2D eigenvalue weighted by molar-refractivity contribution is 7.91. The zero-order chi connectivity index (χ0) is 9.35. The second kappa shape index (κ2) is 3.00. The number of sulfonamides is 1. The van der Waals surface area contributed by atoms with Crippen LogP contribution in [-0.2, 0) is 10.0 Å². The molecule has 12 heavy (non-hydrogen) atoms. The predicted molar refractivity (Wildman–Crippen MR) is 47.4 cm³/mol. The molecule has 0 fully saturated rings. The van der Waals surface area contributed by atoms with Gasteiger partial charge in [-0.1, -0.05) is 11.3 Å². The third-order valence-electron chi connectivity index (χ3n) is 1.24. The molecule has 0 aliphatic rings. The zero-order valence-electron chi connectivity index (χ0n) is 6.68. The molecule has 0 amide bonds. The summed E-state index contributed by atoms with van der Waals surface area (Å²) in [5, 5.41) is 0.260. The lowest BCUT2D eigenvalue weighted by Crippen LogP contribution is -2.21. The Morgan fingerprint density at radius 2 is 2.17 bits per heavy atom. The van der Waals surface area contributed by atoms with Gasteiger partial charge in [-0.05, 0) is 0 Å². The molecule has 0 aliphatic heterocycles. The van der Waals surface area contributed by atoms with Crippen molar-refractivity contribution in [3.8, 4) is 0 Å². The summed E-state index contributed by atoms with van der Waals surface area (Å²) < 4.78 is 24.1. The molecule has 0 saturated carbocycles. The molecule has 2 N–H and O–H groups in total. The average molecular weight is 207 g/mol. The van der Waals surface area contributed by atoms with Crippen molar-refractivity contribution in [3.05, 3.63) is 6.20 Å². The number of hydrogen-bond donors (Lipinski definition) is 1. The monoisotopic (exact) mass is 207 g/mol. The van der Waals surface area contributed by atoms with Gasteiger partial charge in [-0.25, -0.2) is 17.7 Å². The van der Waals surface area contributed by atoms with Crippen molar-refractivity contribution < 1.29 is 8.42 Å². The van der Waals surface area contributed by atoms with Gasteiger partial charge in [-0.3, -0.25) is 0 Å². The first-order valence-electron chi connectivity index (χ1n) is 3.08. The van der Waals surface area contributed by atoms with E-state index in [1.165, 1.54) is 20.3 Å². The van der Waals surface area contributed by atoms with Crippen LogP contribution in [-0.4, -0.2) is 31.8 Å². The Labute approximate surface area is 74.9 Å². The summed E-state index contributed by atoms with van der Waals surface area (Å²) in [7, 11) is -0.420. The van der Waals surface area contributed by atoms with E-state index in [1.54, 1.807) is 0 Å². The Morgan fingerprint density at radius 1 is 1.58 bits per heavy atom. The molecular formula is C5H9N3O2S2. The van der Waals surface area contributed by atoms with Crippen LogP contribution in [0.25, 0.3) is 0 Å². The number of nitrogen functional groups attached to an aromatic ring is 1. The van der Waals surface area contributed by atoms with Crippen molar-refractivity contribution in [2.75, 3.05) is 19.8 Å². The molecule has 0 bridgehead atoms. The van der Waals surface area contributed by atoms with Crippen LogP contribution in [0, 0.1) is 0 Å². The first kappa shape index (κ1) is 9.43. The van der Waals surface area contributed by atoms with Gasteiger partial charge in [0.05, 0.1) is 6.20 Å². The number of thiazole rings is 1. The van der Waals surface area contributed by atoms with Gasteiger partial charge < -0.3 is 5.73 Å².